The number of ether oxygens (including phenoxy) is 1. The minimum Gasteiger partial charge on any atom is -0.388 e. The Morgan fingerprint density at radius 3 is 2.75 bits per heavy atom. The van der Waals surface area contributed by atoms with E-state index < -0.39 is 0 Å². The first-order valence-corrected chi connectivity index (χ1v) is 7.99. The summed E-state index contributed by atoms with van der Waals surface area (Å²) in [6, 6.07) is 6.39. The third kappa shape index (κ3) is 2.64. The van der Waals surface area contributed by atoms with Crippen LogP contribution in [0.1, 0.15) is 61.3 Å². The lowest BCUT2D eigenvalue weighted by Crippen LogP contribution is -2.39. The highest BCUT2D eigenvalue weighted by Gasteiger charge is 2.42. The Hall–Kier alpha value is -0.860. The fourth-order valence-corrected chi connectivity index (χ4v) is 4.04. The van der Waals surface area contributed by atoms with Gasteiger partial charge in [0.25, 0.3) is 0 Å². The summed E-state index contributed by atoms with van der Waals surface area (Å²) in [4.78, 5) is 0. The Kier molecular flexibility index (Phi) is 3.87. The molecule has 110 valence electrons. The smallest absolute Gasteiger partial charge is 0.0822 e. The molecule has 2 atom stereocenters. The third-order valence-corrected chi connectivity index (χ3v) is 5.25. The maximum atomic E-state index is 10.8. The summed E-state index contributed by atoms with van der Waals surface area (Å²) in [5.74, 6) is 0.349. The molecule has 2 fully saturated rings. The van der Waals surface area contributed by atoms with Gasteiger partial charge in [-0.1, -0.05) is 36.6 Å². The van der Waals surface area contributed by atoms with Gasteiger partial charge < -0.3 is 9.84 Å². The predicted molar refractivity (Wildman–Crippen MR) is 80.8 cm³/mol. The van der Waals surface area contributed by atoms with Crippen molar-refractivity contribution in [2.24, 2.45) is 5.92 Å². The van der Waals surface area contributed by atoms with E-state index in [4.69, 9.17) is 4.74 Å². The standard InChI is InChI=1S/C18H26O2/c1-13-5-6-14(2)16(11-13)17(19)15-7-10-20-18(12-15)8-3-4-9-18/h5-6,11,15,17,19H,3-4,7-10,12H2,1-2H3. The van der Waals surface area contributed by atoms with Gasteiger partial charge in [-0.2, -0.15) is 0 Å². The molecule has 1 heterocycles. The molecule has 1 spiro atoms. The molecule has 2 nitrogen and oxygen atoms in total. The maximum absolute atomic E-state index is 10.8. The molecular weight excluding hydrogens is 248 g/mol. The maximum Gasteiger partial charge on any atom is 0.0822 e. The summed E-state index contributed by atoms with van der Waals surface area (Å²) in [7, 11) is 0. The summed E-state index contributed by atoms with van der Waals surface area (Å²) >= 11 is 0. The van der Waals surface area contributed by atoms with Crippen molar-refractivity contribution in [1.82, 2.24) is 0 Å². The minimum atomic E-state index is -0.337. The van der Waals surface area contributed by atoms with E-state index in [0.717, 1.165) is 25.0 Å². The van der Waals surface area contributed by atoms with Crippen LogP contribution in [0.4, 0.5) is 0 Å². The van der Waals surface area contributed by atoms with Crippen molar-refractivity contribution in [2.45, 2.75) is 64.1 Å². The molecule has 1 saturated carbocycles. The molecule has 0 aromatic heterocycles. The fourth-order valence-electron chi connectivity index (χ4n) is 4.04. The van der Waals surface area contributed by atoms with Crippen LogP contribution < -0.4 is 0 Å². The van der Waals surface area contributed by atoms with Gasteiger partial charge in [-0.25, -0.2) is 0 Å². The fraction of sp³-hybridized carbons (Fsp3) is 0.667. The number of rotatable bonds is 2. The number of benzene rings is 1. The lowest BCUT2D eigenvalue weighted by atomic mass is 9.79. The van der Waals surface area contributed by atoms with Crippen molar-refractivity contribution >= 4 is 0 Å². The second-order valence-electron chi connectivity index (χ2n) is 6.80. The van der Waals surface area contributed by atoms with Crippen LogP contribution in [0, 0.1) is 19.8 Å². The van der Waals surface area contributed by atoms with Crippen molar-refractivity contribution in [3.05, 3.63) is 34.9 Å². The van der Waals surface area contributed by atoms with E-state index >= 15 is 0 Å². The van der Waals surface area contributed by atoms with Crippen LogP contribution in [-0.2, 0) is 4.74 Å². The van der Waals surface area contributed by atoms with Gasteiger partial charge in [0, 0.05) is 6.61 Å². The van der Waals surface area contributed by atoms with E-state index in [2.05, 4.69) is 32.0 Å². The van der Waals surface area contributed by atoms with E-state index in [1.165, 1.54) is 36.8 Å². The van der Waals surface area contributed by atoms with Gasteiger partial charge in [-0.15, -0.1) is 0 Å². The first kappa shape index (κ1) is 14.1. The zero-order valence-electron chi connectivity index (χ0n) is 12.7. The monoisotopic (exact) mass is 274 g/mol. The second kappa shape index (κ2) is 5.50. The summed E-state index contributed by atoms with van der Waals surface area (Å²) in [6.07, 6.45) is 6.61. The quantitative estimate of drug-likeness (QED) is 0.880. The van der Waals surface area contributed by atoms with Crippen molar-refractivity contribution in [1.29, 1.82) is 0 Å². The molecule has 20 heavy (non-hydrogen) atoms. The van der Waals surface area contributed by atoms with Gasteiger partial charge in [0.05, 0.1) is 11.7 Å². The Labute approximate surface area is 122 Å². The number of aliphatic hydroxyl groups excluding tert-OH is 1. The molecule has 0 radical (unpaired) electrons. The third-order valence-electron chi connectivity index (χ3n) is 5.25. The van der Waals surface area contributed by atoms with Crippen LogP contribution in [0.3, 0.4) is 0 Å². The SMILES string of the molecule is Cc1ccc(C)c(C(O)C2CCOC3(CCCC3)C2)c1. The topological polar surface area (TPSA) is 29.5 Å². The molecule has 1 aromatic rings. The molecule has 1 aliphatic heterocycles. The first-order valence-electron chi connectivity index (χ1n) is 7.99. The molecular formula is C18H26O2. The molecule has 0 bridgehead atoms. The van der Waals surface area contributed by atoms with Crippen LogP contribution in [0.5, 0.6) is 0 Å². The second-order valence-corrected chi connectivity index (χ2v) is 6.80. The number of aliphatic hydroxyl groups is 1. The van der Waals surface area contributed by atoms with Crippen LogP contribution >= 0.6 is 0 Å². The summed E-state index contributed by atoms with van der Waals surface area (Å²) in [6.45, 7) is 5.01. The average Bonchev–Trinajstić information content (AvgIpc) is 2.88. The highest BCUT2D eigenvalue weighted by molar-refractivity contribution is 5.32. The van der Waals surface area contributed by atoms with Crippen LogP contribution in [0.25, 0.3) is 0 Å². The van der Waals surface area contributed by atoms with Gasteiger partial charge in [-0.3, -0.25) is 0 Å². The zero-order valence-corrected chi connectivity index (χ0v) is 12.7. The minimum absolute atomic E-state index is 0.0849. The summed E-state index contributed by atoms with van der Waals surface area (Å²) < 4.78 is 6.09. The van der Waals surface area contributed by atoms with Crippen molar-refractivity contribution in [2.75, 3.05) is 6.61 Å². The van der Waals surface area contributed by atoms with E-state index in [9.17, 15) is 5.11 Å². The Balaban J connectivity index is 1.79. The van der Waals surface area contributed by atoms with Crippen LogP contribution in [0.15, 0.2) is 18.2 Å². The predicted octanol–water partition coefficient (Wildman–Crippen LogP) is 4.08. The highest BCUT2D eigenvalue weighted by atomic mass is 16.5. The number of hydrogen-bond donors (Lipinski definition) is 1. The molecule has 0 amide bonds. The molecule has 1 aromatic carbocycles. The summed E-state index contributed by atoms with van der Waals surface area (Å²) in [5.41, 5.74) is 3.63. The zero-order chi connectivity index (χ0) is 14.2. The van der Waals surface area contributed by atoms with Crippen LogP contribution in [0.2, 0.25) is 0 Å². The lowest BCUT2D eigenvalue weighted by molar-refractivity contribution is -0.113. The molecule has 1 saturated heterocycles. The van der Waals surface area contributed by atoms with Crippen LogP contribution in [-0.4, -0.2) is 17.3 Å². The van der Waals surface area contributed by atoms with E-state index in [0.29, 0.717) is 5.92 Å². The number of hydrogen-bond acceptors (Lipinski definition) is 2. The van der Waals surface area contributed by atoms with Crippen molar-refractivity contribution in [3.63, 3.8) is 0 Å². The normalized spacial score (nSPS) is 26.9. The van der Waals surface area contributed by atoms with E-state index in [1.54, 1.807) is 0 Å². The van der Waals surface area contributed by atoms with Gasteiger partial charge in [0.2, 0.25) is 0 Å². The van der Waals surface area contributed by atoms with Gasteiger partial charge in [0.1, 0.15) is 0 Å². The molecule has 1 N–H and O–H groups in total. The van der Waals surface area contributed by atoms with Crippen molar-refractivity contribution in [3.8, 4) is 0 Å². The first-order chi connectivity index (χ1) is 9.60. The molecule has 2 heteroatoms. The average molecular weight is 274 g/mol. The largest absolute Gasteiger partial charge is 0.388 e. The van der Waals surface area contributed by atoms with Gasteiger partial charge >= 0.3 is 0 Å². The van der Waals surface area contributed by atoms with E-state index in [1.807, 2.05) is 0 Å². The molecule has 1 aliphatic carbocycles. The van der Waals surface area contributed by atoms with Gasteiger partial charge in [-0.05, 0) is 56.6 Å². The Morgan fingerprint density at radius 1 is 1.25 bits per heavy atom. The lowest BCUT2D eigenvalue weighted by Gasteiger charge is -2.40. The highest BCUT2D eigenvalue weighted by Crippen LogP contribution is 2.45. The summed E-state index contributed by atoms with van der Waals surface area (Å²) in [5, 5.41) is 10.8. The Morgan fingerprint density at radius 2 is 2.00 bits per heavy atom. The molecule has 2 aliphatic rings. The van der Waals surface area contributed by atoms with Gasteiger partial charge in [0.15, 0.2) is 0 Å². The van der Waals surface area contributed by atoms with E-state index in [-0.39, 0.29) is 11.7 Å². The Bertz CT molecular complexity index is 474. The molecule has 3 rings (SSSR count). The molecule has 2 unspecified atom stereocenters. The van der Waals surface area contributed by atoms with Crippen molar-refractivity contribution < 1.29 is 9.84 Å². The number of aryl methyl sites for hydroxylation is 2.